The van der Waals surface area contributed by atoms with Crippen LogP contribution in [0.1, 0.15) is 23.2 Å². The topological polar surface area (TPSA) is 72.3 Å². The molecule has 0 bridgehead atoms. The van der Waals surface area contributed by atoms with Gasteiger partial charge in [0.1, 0.15) is 11.3 Å². The molecule has 1 fully saturated rings. The lowest BCUT2D eigenvalue weighted by molar-refractivity contribution is 0.0696. The quantitative estimate of drug-likeness (QED) is 0.871. The normalized spacial score (nSPS) is 14.8. The monoisotopic (exact) mass is 230 g/mol. The van der Waals surface area contributed by atoms with Crippen molar-refractivity contribution in [2.75, 3.05) is 0 Å². The summed E-state index contributed by atoms with van der Waals surface area (Å²) in [7, 11) is 0. The number of ether oxygens (including phenoxy) is 1. The highest BCUT2D eigenvalue weighted by Gasteiger charge is 2.25. The van der Waals surface area contributed by atoms with Crippen LogP contribution in [0.2, 0.25) is 0 Å². The molecule has 3 rings (SSSR count). The van der Waals surface area contributed by atoms with Crippen LogP contribution in [0.4, 0.5) is 0 Å². The second kappa shape index (κ2) is 3.69. The highest BCUT2D eigenvalue weighted by molar-refractivity contribution is 5.95. The van der Waals surface area contributed by atoms with Gasteiger partial charge < -0.3 is 9.84 Å². The van der Waals surface area contributed by atoms with Crippen molar-refractivity contribution < 1.29 is 14.6 Å². The molecule has 1 aliphatic rings. The molecule has 1 heterocycles. The Morgan fingerprint density at radius 2 is 2.24 bits per heavy atom. The average molecular weight is 230 g/mol. The fourth-order valence-electron chi connectivity index (χ4n) is 1.65. The summed E-state index contributed by atoms with van der Waals surface area (Å²) in [5, 5.41) is 17.6. The molecule has 1 N–H and O–H groups in total. The molecule has 1 aliphatic carbocycles. The lowest BCUT2D eigenvalue weighted by atomic mass is 10.1. The Bertz CT molecular complexity index is 593. The maximum atomic E-state index is 11.0. The van der Waals surface area contributed by atoms with Crippen molar-refractivity contribution in [2.24, 2.45) is 0 Å². The summed E-state index contributed by atoms with van der Waals surface area (Å²) in [6.07, 6.45) is 3.76. The molecule has 0 aliphatic heterocycles. The minimum absolute atomic E-state index is 0.198. The number of rotatable bonds is 3. The summed E-state index contributed by atoms with van der Waals surface area (Å²) < 4.78 is 5.66. The van der Waals surface area contributed by atoms with Crippen LogP contribution in [0.3, 0.4) is 0 Å². The van der Waals surface area contributed by atoms with Crippen LogP contribution in [0.25, 0.3) is 10.9 Å². The van der Waals surface area contributed by atoms with E-state index in [1.807, 2.05) is 0 Å². The van der Waals surface area contributed by atoms with E-state index >= 15 is 0 Å². The molecule has 86 valence electrons. The molecule has 2 aromatic rings. The van der Waals surface area contributed by atoms with Gasteiger partial charge in [0.05, 0.1) is 17.9 Å². The summed E-state index contributed by atoms with van der Waals surface area (Å²) in [6.45, 7) is 0. The van der Waals surface area contributed by atoms with Crippen molar-refractivity contribution in [3.8, 4) is 5.75 Å². The molecule has 1 saturated carbocycles. The second-order valence-corrected chi connectivity index (χ2v) is 4.07. The van der Waals surface area contributed by atoms with Crippen molar-refractivity contribution in [1.29, 1.82) is 0 Å². The van der Waals surface area contributed by atoms with Crippen molar-refractivity contribution in [3.63, 3.8) is 0 Å². The van der Waals surface area contributed by atoms with Crippen molar-refractivity contribution in [2.45, 2.75) is 18.9 Å². The molecule has 1 aromatic heterocycles. The molecule has 0 spiro atoms. The fraction of sp³-hybridized carbons (Fsp3) is 0.250. The van der Waals surface area contributed by atoms with E-state index in [-0.39, 0.29) is 11.7 Å². The standard InChI is InChI=1S/C12H10N2O3/c15-12(16)8-5-7-3-4-13-14-11(7)10(6-8)17-9-1-2-9/h3-6,9H,1-2H2,(H,15,16). The zero-order valence-electron chi connectivity index (χ0n) is 8.96. The average Bonchev–Trinajstić information content (AvgIpc) is 3.13. The number of nitrogens with zero attached hydrogens (tertiary/aromatic N) is 2. The van der Waals surface area contributed by atoms with E-state index in [1.54, 1.807) is 12.1 Å². The van der Waals surface area contributed by atoms with Crippen LogP contribution >= 0.6 is 0 Å². The molecule has 1 aromatic carbocycles. The molecule has 17 heavy (non-hydrogen) atoms. The van der Waals surface area contributed by atoms with Gasteiger partial charge in [-0.1, -0.05) is 0 Å². The van der Waals surface area contributed by atoms with Crippen LogP contribution in [0.15, 0.2) is 24.4 Å². The Morgan fingerprint density at radius 1 is 1.41 bits per heavy atom. The molecular weight excluding hydrogens is 220 g/mol. The first-order chi connectivity index (χ1) is 8.24. The molecule has 0 atom stereocenters. The number of hydrogen-bond donors (Lipinski definition) is 1. The molecular formula is C12H10N2O3. The van der Waals surface area contributed by atoms with Gasteiger partial charge in [-0.05, 0) is 31.0 Å². The predicted molar refractivity (Wildman–Crippen MR) is 60.1 cm³/mol. The molecule has 0 radical (unpaired) electrons. The Kier molecular flexibility index (Phi) is 2.18. The lowest BCUT2D eigenvalue weighted by Gasteiger charge is -2.08. The van der Waals surface area contributed by atoms with Crippen molar-refractivity contribution >= 4 is 16.9 Å². The largest absolute Gasteiger partial charge is 0.488 e. The summed E-state index contributed by atoms with van der Waals surface area (Å²) in [5.41, 5.74) is 0.825. The molecule has 5 nitrogen and oxygen atoms in total. The molecule has 5 heteroatoms. The highest BCUT2D eigenvalue weighted by atomic mass is 16.5. The number of aromatic carboxylic acids is 1. The Labute approximate surface area is 97.0 Å². The van der Waals surface area contributed by atoms with E-state index in [4.69, 9.17) is 9.84 Å². The number of fused-ring (bicyclic) bond motifs is 1. The minimum Gasteiger partial charge on any atom is -0.488 e. The first-order valence-electron chi connectivity index (χ1n) is 5.39. The van der Waals surface area contributed by atoms with E-state index in [0.29, 0.717) is 11.3 Å². The SMILES string of the molecule is O=C(O)c1cc(OC2CC2)c2nnccc2c1. The van der Waals surface area contributed by atoms with Crippen LogP contribution < -0.4 is 4.74 Å². The number of carbonyl (C=O) groups is 1. The summed E-state index contributed by atoms with van der Waals surface area (Å²) in [5.74, 6) is -0.458. The Balaban J connectivity index is 2.17. The summed E-state index contributed by atoms with van der Waals surface area (Å²) in [4.78, 5) is 11.0. The predicted octanol–water partition coefficient (Wildman–Crippen LogP) is 1.87. The first-order valence-corrected chi connectivity index (χ1v) is 5.39. The number of aromatic nitrogens is 2. The maximum Gasteiger partial charge on any atom is 0.335 e. The van der Waals surface area contributed by atoms with E-state index in [0.717, 1.165) is 18.2 Å². The van der Waals surface area contributed by atoms with Crippen molar-refractivity contribution in [3.05, 3.63) is 30.0 Å². The number of hydrogen-bond acceptors (Lipinski definition) is 4. The number of benzene rings is 1. The molecule has 0 unspecified atom stereocenters. The van der Waals surface area contributed by atoms with Gasteiger partial charge >= 0.3 is 5.97 Å². The summed E-state index contributed by atoms with van der Waals surface area (Å²) >= 11 is 0. The van der Waals surface area contributed by atoms with Gasteiger partial charge in [0, 0.05) is 5.39 Å². The van der Waals surface area contributed by atoms with Gasteiger partial charge in [0.25, 0.3) is 0 Å². The number of carboxylic acids is 1. The van der Waals surface area contributed by atoms with Crippen LogP contribution in [-0.4, -0.2) is 27.4 Å². The highest BCUT2D eigenvalue weighted by Crippen LogP contribution is 2.31. The van der Waals surface area contributed by atoms with Gasteiger partial charge in [-0.25, -0.2) is 4.79 Å². The molecule has 0 amide bonds. The van der Waals surface area contributed by atoms with Crippen LogP contribution in [-0.2, 0) is 0 Å². The number of carboxylic acid groups (broad SMARTS) is 1. The van der Waals surface area contributed by atoms with Gasteiger partial charge in [0.15, 0.2) is 0 Å². The maximum absolute atomic E-state index is 11.0. The second-order valence-electron chi connectivity index (χ2n) is 4.07. The van der Waals surface area contributed by atoms with Crippen molar-refractivity contribution in [1.82, 2.24) is 10.2 Å². The molecule has 0 saturated heterocycles. The fourth-order valence-corrected chi connectivity index (χ4v) is 1.65. The van der Waals surface area contributed by atoms with Gasteiger partial charge in [0.2, 0.25) is 0 Å². The van der Waals surface area contributed by atoms with E-state index in [9.17, 15) is 4.79 Å². The lowest BCUT2D eigenvalue weighted by Crippen LogP contribution is -2.02. The smallest absolute Gasteiger partial charge is 0.335 e. The van der Waals surface area contributed by atoms with Crippen LogP contribution in [0, 0.1) is 0 Å². The van der Waals surface area contributed by atoms with Gasteiger partial charge in [-0.15, -0.1) is 5.10 Å². The Morgan fingerprint density at radius 3 is 2.94 bits per heavy atom. The summed E-state index contributed by atoms with van der Waals surface area (Å²) in [6, 6.07) is 4.82. The van der Waals surface area contributed by atoms with Gasteiger partial charge in [-0.3, -0.25) is 0 Å². The minimum atomic E-state index is -0.968. The van der Waals surface area contributed by atoms with Gasteiger partial charge in [-0.2, -0.15) is 5.10 Å². The van der Waals surface area contributed by atoms with E-state index in [2.05, 4.69) is 10.2 Å². The third kappa shape index (κ3) is 1.91. The van der Waals surface area contributed by atoms with E-state index < -0.39 is 5.97 Å². The Hall–Kier alpha value is -2.17. The van der Waals surface area contributed by atoms with Crippen LogP contribution in [0.5, 0.6) is 5.75 Å². The third-order valence-corrected chi connectivity index (χ3v) is 2.65. The zero-order chi connectivity index (χ0) is 11.8. The zero-order valence-corrected chi connectivity index (χ0v) is 8.96. The first kappa shape index (κ1) is 10.0. The third-order valence-electron chi connectivity index (χ3n) is 2.65. The van der Waals surface area contributed by atoms with E-state index in [1.165, 1.54) is 12.3 Å².